The fraction of sp³-hybridized carbons (Fsp3) is 0.133. The van der Waals surface area contributed by atoms with E-state index in [2.05, 4.69) is 21.2 Å². The minimum Gasteiger partial charge on any atom is -0.387 e. The van der Waals surface area contributed by atoms with Gasteiger partial charge in [-0.25, -0.2) is 0 Å². The van der Waals surface area contributed by atoms with Crippen LogP contribution in [0.1, 0.15) is 17.2 Å². The first kappa shape index (κ1) is 16.1. The van der Waals surface area contributed by atoms with Gasteiger partial charge in [0.2, 0.25) is 0 Å². The van der Waals surface area contributed by atoms with Crippen molar-refractivity contribution in [2.75, 3.05) is 11.9 Å². The first-order valence-electron chi connectivity index (χ1n) is 6.08. The predicted octanol–water partition coefficient (Wildman–Crippen LogP) is 4.77. The Morgan fingerprint density at radius 1 is 1.14 bits per heavy atom. The van der Waals surface area contributed by atoms with Crippen LogP contribution in [0, 0.1) is 11.3 Å². The van der Waals surface area contributed by atoms with Gasteiger partial charge in [-0.3, -0.25) is 0 Å². The van der Waals surface area contributed by atoms with Crippen LogP contribution in [-0.2, 0) is 0 Å². The molecule has 0 saturated heterocycles. The molecule has 2 aromatic carbocycles. The van der Waals surface area contributed by atoms with Crippen molar-refractivity contribution in [1.82, 2.24) is 0 Å². The number of hydrogen-bond acceptors (Lipinski definition) is 3. The van der Waals surface area contributed by atoms with Crippen molar-refractivity contribution in [2.24, 2.45) is 0 Å². The second-order valence-electron chi connectivity index (χ2n) is 4.35. The molecular weight excluding hydrogens is 375 g/mol. The van der Waals surface area contributed by atoms with E-state index >= 15 is 0 Å². The van der Waals surface area contributed by atoms with E-state index in [1.165, 1.54) is 0 Å². The van der Waals surface area contributed by atoms with Crippen molar-refractivity contribution in [2.45, 2.75) is 6.10 Å². The normalized spacial score (nSPS) is 11.8. The average Bonchev–Trinajstić information content (AvgIpc) is 2.52. The lowest BCUT2D eigenvalue weighted by Gasteiger charge is -2.15. The third-order valence-corrected chi connectivity index (χ3v) is 4.72. The van der Waals surface area contributed by atoms with E-state index < -0.39 is 6.10 Å². The molecule has 0 amide bonds. The maximum absolute atomic E-state index is 10.1. The molecule has 2 aromatic rings. The van der Waals surface area contributed by atoms with Crippen LogP contribution in [0.4, 0.5) is 5.69 Å². The molecular formula is C15H11BrCl2N2O. The van der Waals surface area contributed by atoms with Crippen molar-refractivity contribution in [3.05, 3.63) is 62.0 Å². The van der Waals surface area contributed by atoms with Gasteiger partial charge in [0.15, 0.2) is 0 Å². The number of nitrogens with zero attached hydrogens (tertiary/aromatic N) is 1. The molecule has 0 aliphatic heterocycles. The summed E-state index contributed by atoms with van der Waals surface area (Å²) < 4.78 is 0.715. The molecule has 0 saturated carbocycles. The molecule has 2 N–H and O–H groups in total. The molecule has 0 aliphatic rings. The smallest absolute Gasteiger partial charge is 0.0991 e. The van der Waals surface area contributed by atoms with Crippen molar-refractivity contribution in [3.63, 3.8) is 0 Å². The Morgan fingerprint density at radius 2 is 1.81 bits per heavy atom. The van der Waals surface area contributed by atoms with Gasteiger partial charge >= 0.3 is 0 Å². The van der Waals surface area contributed by atoms with Crippen molar-refractivity contribution in [3.8, 4) is 6.07 Å². The molecule has 108 valence electrons. The van der Waals surface area contributed by atoms with Gasteiger partial charge in [0, 0.05) is 11.0 Å². The van der Waals surface area contributed by atoms with Crippen LogP contribution in [0.2, 0.25) is 10.0 Å². The summed E-state index contributed by atoms with van der Waals surface area (Å²) >= 11 is 15.5. The minimum absolute atomic E-state index is 0.281. The molecule has 21 heavy (non-hydrogen) atoms. The number of rotatable bonds is 4. The standard InChI is InChI=1S/C15H11BrCl2N2O/c16-11-5-6-12(15(18)14(11)17)20-8-13(21)10-3-1-9(7-19)2-4-10/h1-6,13,20-21H,8H2. The van der Waals surface area contributed by atoms with Gasteiger partial charge in [0.05, 0.1) is 33.5 Å². The summed E-state index contributed by atoms with van der Waals surface area (Å²) in [5.41, 5.74) is 1.93. The summed E-state index contributed by atoms with van der Waals surface area (Å²) in [6.45, 7) is 0.281. The summed E-state index contributed by atoms with van der Waals surface area (Å²) in [5.74, 6) is 0. The van der Waals surface area contributed by atoms with E-state index in [1.807, 2.05) is 6.07 Å². The third-order valence-electron chi connectivity index (χ3n) is 2.95. The van der Waals surface area contributed by atoms with Crippen molar-refractivity contribution >= 4 is 44.8 Å². The van der Waals surface area contributed by atoms with Crippen molar-refractivity contribution in [1.29, 1.82) is 5.26 Å². The number of hydrogen-bond donors (Lipinski definition) is 2. The first-order valence-corrected chi connectivity index (χ1v) is 7.63. The molecule has 0 fully saturated rings. The van der Waals surface area contributed by atoms with E-state index in [1.54, 1.807) is 36.4 Å². The van der Waals surface area contributed by atoms with Crippen LogP contribution >= 0.6 is 39.1 Å². The molecule has 0 aliphatic carbocycles. The van der Waals surface area contributed by atoms with Crippen LogP contribution in [0.25, 0.3) is 0 Å². The molecule has 1 atom stereocenters. The maximum Gasteiger partial charge on any atom is 0.0991 e. The van der Waals surface area contributed by atoms with Gasteiger partial charge in [-0.2, -0.15) is 5.26 Å². The summed E-state index contributed by atoms with van der Waals surface area (Å²) in [4.78, 5) is 0. The van der Waals surface area contributed by atoms with E-state index in [-0.39, 0.29) is 6.54 Å². The van der Waals surface area contributed by atoms with E-state index in [4.69, 9.17) is 28.5 Å². The summed E-state index contributed by atoms with van der Waals surface area (Å²) in [5, 5.41) is 22.8. The van der Waals surface area contributed by atoms with Gasteiger partial charge < -0.3 is 10.4 Å². The number of nitriles is 1. The lowest BCUT2D eigenvalue weighted by atomic mass is 10.1. The Labute approximate surface area is 141 Å². The van der Waals surface area contributed by atoms with Gasteiger partial charge in [-0.1, -0.05) is 35.3 Å². The fourth-order valence-electron chi connectivity index (χ4n) is 1.77. The zero-order valence-electron chi connectivity index (χ0n) is 10.8. The number of aliphatic hydroxyl groups excluding tert-OH is 1. The monoisotopic (exact) mass is 384 g/mol. The molecule has 0 heterocycles. The SMILES string of the molecule is N#Cc1ccc(C(O)CNc2ccc(Br)c(Cl)c2Cl)cc1. The predicted molar refractivity (Wildman–Crippen MR) is 88.8 cm³/mol. The van der Waals surface area contributed by atoms with Crippen LogP contribution in [-0.4, -0.2) is 11.7 Å². The van der Waals surface area contributed by atoms with Gasteiger partial charge in [0.25, 0.3) is 0 Å². The Kier molecular flexibility index (Phi) is 5.49. The first-order chi connectivity index (χ1) is 10.0. The highest BCUT2D eigenvalue weighted by Crippen LogP contribution is 2.36. The molecule has 3 nitrogen and oxygen atoms in total. The van der Waals surface area contributed by atoms with Gasteiger partial charge in [-0.05, 0) is 45.8 Å². The Hall–Kier alpha value is -1.25. The Morgan fingerprint density at radius 3 is 2.43 bits per heavy atom. The highest BCUT2D eigenvalue weighted by Gasteiger charge is 2.11. The van der Waals surface area contributed by atoms with Crippen LogP contribution in [0.5, 0.6) is 0 Å². The lowest BCUT2D eigenvalue weighted by Crippen LogP contribution is -2.12. The molecule has 1 unspecified atom stereocenters. The highest BCUT2D eigenvalue weighted by atomic mass is 79.9. The highest BCUT2D eigenvalue weighted by molar-refractivity contribution is 9.10. The number of anilines is 1. The lowest BCUT2D eigenvalue weighted by molar-refractivity contribution is 0.191. The fourth-order valence-corrected chi connectivity index (χ4v) is 2.61. The molecule has 6 heteroatoms. The zero-order chi connectivity index (χ0) is 15.4. The van der Waals surface area contributed by atoms with E-state index in [9.17, 15) is 5.11 Å². The Bertz CT molecular complexity index is 683. The van der Waals surface area contributed by atoms with Gasteiger partial charge in [0.1, 0.15) is 0 Å². The Balaban J connectivity index is 2.05. The number of halogens is 3. The number of benzene rings is 2. The topological polar surface area (TPSA) is 56.0 Å². The second kappa shape index (κ2) is 7.15. The quantitative estimate of drug-likeness (QED) is 0.745. The third kappa shape index (κ3) is 3.90. The van der Waals surface area contributed by atoms with Crippen LogP contribution < -0.4 is 5.32 Å². The zero-order valence-corrected chi connectivity index (χ0v) is 13.9. The van der Waals surface area contributed by atoms with E-state index in [0.717, 1.165) is 5.56 Å². The largest absolute Gasteiger partial charge is 0.387 e. The number of aliphatic hydroxyl groups is 1. The van der Waals surface area contributed by atoms with E-state index in [0.29, 0.717) is 25.8 Å². The minimum atomic E-state index is -0.712. The van der Waals surface area contributed by atoms with Crippen LogP contribution in [0.15, 0.2) is 40.9 Å². The second-order valence-corrected chi connectivity index (χ2v) is 5.96. The average molecular weight is 386 g/mol. The number of nitrogens with one attached hydrogen (secondary N) is 1. The van der Waals surface area contributed by atoms with Gasteiger partial charge in [-0.15, -0.1) is 0 Å². The van der Waals surface area contributed by atoms with Crippen molar-refractivity contribution < 1.29 is 5.11 Å². The van der Waals surface area contributed by atoms with Crippen LogP contribution in [0.3, 0.4) is 0 Å². The molecule has 0 aromatic heterocycles. The molecule has 0 spiro atoms. The maximum atomic E-state index is 10.1. The summed E-state index contributed by atoms with van der Waals surface area (Å²) in [6.07, 6.45) is -0.712. The molecule has 0 bridgehead atoms. The summed E-state index contributed by atoms with van der Waals surface area (Å²) in [7, 11) is 0. The molecule has 0 radical (unpaired) electrons. The molecule has 2 rings (SSSR count). The summed E-state index contributed by atoms with van der Waals surface area (Å²) in [6, 6.07) is 12.4.